The van der Waals surface area contributed by atoms with Crippen LogP contribution in [0.15, 0.2) is 18.3 Å². The van der Waals surface area contributed by atoms with Crippen LogP contribution in [0.4, 0.5) is 0 Å². The Balaban J connectivity index is 2.62. The maximum atomic E-state index is 11.7. The second-order valence-corrected chi connectivity index (χ2v) is 5.76. The van der Waals surface area contributed by atoms with E-state index in [0.717, 1.165) is 12.1 Å². The highest BCUT2D eigenvalue weighted by Crippen LogP contribution is 2.35. The minimum atomic E-state index is -1.13. The molecule has 0 aliphatic carbocycles. The van der Waals surface area contributed by atoms with Crippen LogP contribution >= 0.6 is 0 Å². The van der Waals surface area contributed by atoms with Gasteiger partial charge in [0.2, 0.25) is 0 Å². The molecule has 2 aromatic rings. The van der Waals surface area contributed by atoms with Crippen LogP contribution in [-0.4, -0.2) is 40.3 Å². The number of aromatic nitrogens is 3. The Morgan fingerprint density at radius 1 is 1.30 bits per heavy atom. The molecule has 7 heteroatoms. The zero-order valence-electron chi connectivity index (χ0n) is 14.0. The van der Waals surface area contributed by atoms with Crippen LogP contribution in [0.2, 0.25) is 0 Å². The molecule has 0 amide bonds. The van der Waals surface area contributed by atoms with Crippen LogP contribution in [-0.2, 0) is 5.41 Å². The summed E-state index contributed by atoms with van der Waals surface area (Å²) in [5.41, 5.74) is 0.945. The zero-order chi connectivity index (χ0) is 17.2. The molecule has 0 radical (unpaired) electrons. The molecular weight excluding hydrogens is 298 g/mol. The van der Waals surface area contributed by atoms with E-state index in [1.807, 2.05) is 0 Å². The van der Waals surface area contributed by atoms with Gasteiger partial charge in [-0.05, 0) is 18.6 Å². The Bertz CT molecular complexity index is 722. The summed E-state index contributed by atoms with van der Waals surface area (Å²) in [5.74, 6) is -0.648. The van der Waals surface area contributed by atoms with E-state index in [1.54, 1.807) is 18.3 Å². The first-order valence-electron chi connectivity index (χ1n) is 7.27. The molecule has 2 rings (SSSR count). The van der Waals surface area contributed by atoms with Crippen molar-refractivity contribution in [1.29, 1.82) is 0 Å². The van der Waals surface area contributed by atoms with Crippen molar-refractivity contribution in [2.45, 2.75) is 32.6 Å². The molecule has 0 saturated carbocycles. The number of methoxy groups -OCH3 is 2. The van der Waals surface area contributed by atoms with Crippen molar-refractivity contribution in [2.24, 2.45) is 0 Å². The molecule has 1 N–H and O–H groups in total. The number of carbonyl (C=O) groups is 1. The first-order chi connectivity index (χ1) is 10.9. The van der Waals surface area contributed by atoms with Crippen molar-refractivity contribution in [2.75, 3.05) is 14.2 Å². The lowest BCUT2D eigenvalue weighted by Gasteiger charge is -2.18. The number of hydrogen-bond acceptors (Lipinski definition) is 5. The first-order valence-corrected chi connectivity index (χ1v) is 7.27. The highest BCUT2D eigenvalue weighted by Gasteiger charge is 2.26. The number of benzene rings is 1. The summed E-state index contributed by atoms with van der Waals surface area (Å²) in [4.78, 5) is 13.0. The molecular formula is C16H21N3O4. The van der Waals surface area contributed by atoms with Gasteiger partial charge >= 0.3 is 5.97 Å². The third-order valence-electron chi connectivity index (χ3n) is 4.02. The van der Waals surface area contributed by atoms with Crippen LogP contribution in [0.1, 0.15) is 43.2 Å². The lowest BCUT2D eigenvalue weighted by atomic mass is 9.87. The van der Waals surface area contributed by atoms with Crippen molar-refractivity contribution in [1.82, 2.24) is 15.0 Å². The van der Waals surface area contributed by atoms with E-state index in [2.05, 4.69) is 31.0 Å². The molecule has 1 heterocycles. The normalized spacial score (nSPS) is 11.3. The summed E-state index contributed by atoms with van der Waals surface area (Å²) in [7, 11) is 2.85. The number of carboxylic acids is 1. The number of rotatable bonds is 6. The Kier molecular flexibility index (Phi) is 4.58. The van der Waals surface area contributed by atoms with E-state index >= 15 is 0 Å². The van der Waals surface area contributed by atoms with Gasteiger partial charge in [-0.2, -0.15) is 15.0 Å². The number of carboxylic acid groups (broad SMARTS) is 1. The van der Waals surface area contributed by atoms with Gasteiger partial charge in [-0.3, -0.25) is 0 Å². The van der Waals surface area contributed by atoms with Gasteiger partial charge in [0.15, 0.2) is 11.5 Å². The van der Waals surface area contributed by atoms with Crippen molar-refractivity contribution in [3.63, 3.8) is 0 Å². The van der Waals surface area contributed by atoms with Gasteiger partial charge in [-0.25, -0.2) is 4.79 Å². The molecule has 1 aromatic carbocycles. The van der Waals surface area contributed by atoms with Crippen LogP contribution in [0.5, 0.6) is 11.5 Å². The quantitative estimate of drug-likeness (QED) is 0.881. The smallest absolute Gasteiger partial charge is 0.341 e. The predicted molar refractivity (Wildman–Crippen MR) is 84.7 cm³/mol. The average molecular weight is 319 g/mol. The van der Waals surface area contributed by atoms with Crippen molar-refractivity contribution in [3.8, 4) is 17.2 Å². The zero-order valence-corrected chi connectivity index (χ0v) is 14.0. The summed E-state index contributed by atoms with van der Waals surface area (Å²) < 4.78 is 10.4. The fourth-order valence-electron chi connectivity index (χ4n) is 2.16. The topological polar surface area (TPSA) is 86.5 Å². The fraction of sp³-hybridized carbons (Fsp3) is 0.438. The van der Waals surface area contributed by atoms with Crippen LogP contribution in [0, 0.1) is 0 Å². The predicted octanol–water partition coefficient (Wildman–Crippen LogP) is 2.67. The lowest BCUT2D eigenvalue weighted by Crippen LogP contribution is -2.17. The number of nitrogens with zero attached hydrogens (tertiary/aromatic N) is 3. The van der Waals surface area contributed by atoms with Gasteiger partial charge in [-0.1, -0.05) is 20.8 Å². The highest BCUT2D eigenvalue weighted by molar-refractivity contribution is 5.96. The van der Waals surface area contributed by atoms with Gasteiger partial charge in [0.1, 0.15) is 11.3 Å². The molecule has 1 aromatic heterocycles. The van der Waals surface area contributed by atoms with E-state index in [4.69, 9.17) is 9.47 Å². The second kappa shape index (κ2) is 6.28. The molecule has 0 atom stereocenters. The Hall–Kier alpha value is -2.57. The van der Waals surface area contributed by atoms with E-state index in [1.165, 1.54) is 19.0 Å². The number of ether oxygens (including phenoxy) is 2. The van der Waals surface area contributed by atoms with Crippen LogP contribution < -0.4 is 9.47 Å². The minimum Gasteiger partial charge on any atom is -0.493 e. The summed E-state index contributed by atoms with van der Waals surface area (Å²) in [6.45, 7) is 6.19. The van der Waals surface area contributed by atoms with Crippen molar-refractivity contribution >= 4 is 5.97 Å². The van der Waals surface area contributed by atoms with Gasteiger partial charge in [0, 0.05) is 5.41 Å². The summed E-state index contributed by atoms with van der Waals surface area (Å²) >= 11 is 0. The van der Waals surface area contributed by atoms with E-state index in [-0.39, 0.29) is 16.7 Å². The SMILES string of the molecule is CCC(C)(C)c1cnn(-c2ccc(OC)c(OC)c2C(=O)O)n1. The summed E-state index contributed by atoms with van der Waals surface area (Å²) in [5, 5.41) is 18.2. The maximum absolute atomic E-state index is 11.7. The minimum absolute atomic E-state index is 0.0386. The third kappa shape index (κ3) is 2.99. The molecule has 0 spiro atoms. The average Bonchev–Trinajstić information content (AvgIpc) is 3.03. The molecule has 0 aliphatic heterocycles. The number of hydrogen-bond donors (Lipinski definition) is 1. The molecule has 0 unspecified atom stereocenters. The van der Waals surface area contributed by atoms with Gasteiger partial charge in [0.05, 0.1) is 26.1 Å². The maximum Gasteiger partial charge on any atom is 0.341 e. The van der Waals surface area contributed by atoms with Crippen molar-refractivity contribution in [3.05, 3.63) is 29.6 Å². The largest absolute Gasteiger partial charge is 0.493 e. The number of aromatic carboxylic acids is 1. The molecule has 0 saturated heterocycles. The Labute approximate surface area is 134 Å². The van der Waals surface area contributed by atoms with Crippen LogP contribution in [0.3, 0.4) is 0 Å². The molecule has 0 bridgehead atoms. The Morgan fingerprint density at radius 2 is 2.00 bits per heavy atom. The van der Waals surface area contributed by atoms with Gasteiger partial charge in [0.25, 0.3) is 0 Å². The molecule has 124 valence electrons. The summed E-state index contributed by atoms with van der Waals surface area (Å²) in [6, 6.07) is 3.24. The highest BCUT2D eigenvalue weighted by atomic mass is 16.5. The standard InChI is InChI=1S/C16H21N3O4/c1-6-16(2,3)12-9-17-19(18-12)10-7-8-11(22-4)14(23-5)13(10)15(20)21/h7-9H,6H2,1-5H3,(H,20,21). The van der Waals surface area contributed by atoms with E-state index < -0.39 is 5.97 Å². The second-order valence-electron chi connectivity index (χ2n) is 5.76. The molecule has 0 fully saturated rings. The first kappa shape index (κ1) is 16.8. The molecule has 23 heavy (non-hydrogen) atoms. The fourth-order valence-corrected chi connectivity index (χ4v) is 2.16. The van der Waals surface area contributed by atoms with Crippen molar-refractivity contribution < 1.29 is 19.4 Å². The van der Waals surface area contributed by atoms with E-state index in [9.17, 15) is 9.90 Å². The third-order valence-corrected chi connectivity index (χ3v) is 4.02. The lowest BCUT2D eigenvalue weighted by molar-refractivity contribution is 0.0692. The summed E-state index contributed by atoms with van der Waals surface area (Å²) in [6.07, 6.45) is 2.55. The van der Waals surface area contributed by atoms with Gasteiger partial charge < -0.3 is 14.6 Å². The molecule has 7 nitrogen and oxygen atoms in total. The van der Waals surface area contributed by atoms with Crippen LogP contribution in [0.25, 0.3) is 5.69 Å². The monoisotopic (exact) mass is 319 g/mol. The van der Waals surface area contributed by atoms with E-state index in [0.29, 0.717) is 11.4 Å². The van der Waals surface area contributed by atoms with Gasteiger partial charge in [-0.15, -0.1) is 0 Å². The Morgan fingerprint density at radius 3 is 2.52 bits per heavy atom. The molecule has 0 aliphatic rings.